The number of aromatic nitrogens is 1. The average Bonchev–Trinajstić information content (AvgIpc) is 2.16. The molecule has 0 fully saturated rings. The van der Waals surface area contributed by atoms with Gasteiger partial charge in [0.2, 0.25) is 5.88 Å². The van der Waals surface area contributed by atoms with Crippen LogP contribution in [0.5, 0.6) is 5.88 Å². The first-order chi connectivity index (χ1) is 8.01. The van der Waals surface area contributed by atoms with E-state index in [9.17, 15) is 26.3 Å². The van der Waals surface area contributed by atoms with E-state index >= 15 is 0 Å². The topological polar surface area (TPSA) is 22.1 Å². The van der Waals surface area contributed by atoms with Crippen molar-refractivity contribution < 1.29 is 31.1 Å². The first kappa shape index (κ1) is 15.1. The molecule has 1 aromatic rings. The monoisotopic (exact) mass is 337 g/mol. The standard InChI is InChI=1S/C9H6BrF6NO/c1-4-5(10)2-3-6(17-4)18-7(8(11,12)13)9(14,15)16/h2-3,7H,1H3. The number of pyridine rings is 1. The summed E-state index contributed by atoms with van der Waals surface area (Å²) in [7, 11) is 0. The highest BCUT2D eigenvalue weighted by atomic mass is 79.9. The first-order valence-electron chi connectivity index (χ1n) is 4.45. The van der Waals surface area contributed by atoms with Crippen molar-refractivity contribution in [3.63, 3.8) is 0 Å². The molecule has 1 aromatic heterocycles. The van der Waals surface area contributed by atoms with E-state index in [0.717, 1.165) is 6.07 Å². The van der Waals surface area contributed by atoms with Gasteiger partial charge in [-0.05, 0) is 28.9 Å². The van der Waals surface area contributed by atoms with Crippen LogP contribution in [0.25, 0.3) is 0 Å². The Morgan fingerprint density at radius 3 is 2.00 bits per heavy atom. The number of alkyl halides is 6. The summed E-state index contributed by atoms with van der Waals surface area (Å²) in [5.74, 6) is -0.740. The second kappa shape index (κ2) is 4.94. The number of hydrogen-bond acceptors (Lipinski definition) is 2. The largest absolute Gasteiger partial charge is 0.455 e. The maximum absolute atomic E-state index is 12.2. The van der Waals surface area contributed by atoms with Crippen molar-refractivity contribution in [3.05, 3.63) is 22.3 Å². The van der Waals surface area contributed by atoms with Gasteiger partial charge >= 0.3 is 12.4 Å². The van der Waals surface area contributed by atoms with Gasteiger partial charge in [0.15, 0.2) is 0 Å². The molecular formula is C9H6BrF6NO. The number of nitrogens with zero attached hydrogens (tertiary/aromatic N) is 1. The molecule has 0 bridgehead atoms. The maximum atomic E-state index is 12.2. The lowest BCUT2D eigenvalue weighted by Gasteiger charge is -2.23. The lowest BCUT2D eigenvalue weighted by Crippen LogP contribution is -2.46. The van der Waals surface area contributed by atoms with Crippen LogP contribution in [0.1, 0.15) is 5.69 Å². The molecule has 0 amide bonds. The number of halogens is 7. The van der Waals surface area contributed by atoms with Crippen LogP contribution in [0, 0.1) is 6.92 Å². The van der Waals surface area contributed by atoms with Crippen molar-refractivity contribution in [2.24, 2.45) is 0 Å². The Morgan fingerprint density at radius 2 is 1.61 bits per heavy atom. The van der Waals surface area contributed by atoms with E-state index in [1.54, 1.807) is 0 Å². The smallest absolute Gasteiger partial charge is 0.434 e. The van der Waals surface area contributed by atoms with E-state index in [0.29, 0.717) is 4.47 Å². The molecule has 0 aliphatic heterocycles. The second-order valence-corrected chi connectivity index (χ2v) is 4.15. The Hall–Kier alpha value is -0.990. The number of aryl methyl sites for hydroxylation is 1. The van der Waals surface area contributed by atoms with Gasteiger partial charge in [-0.2, -0.15) is 26.3 Å². The molecule has 0 aliphatic rings. The van der Waals surface area contributed by atoms with Crippen molar-refractivity contribution in [1.29, 1.82) is 0 Å². The molecule has 0 radical (unpaired) electrons. The molecule has 0 unspecified atom stereocenters. The summed E-state index contributed by atoms with van der Waals surface area (Å²) in [5, 5.41) is 0. The fourth-order valence-electron chi connectivity index (χ4n) is 1.03. The molecule has 1 rings (SSSR count). The van der Waals surface area contributed by atoms with Gasteiger partial charge < -0.3 is 4.74 Å². The van der Waals surface area contributed by atoms with E-state index in [4.69, 9.17) is 0 Å². The number of rotatable bonds is 2. The molecule has 9 heteroatoms. The predicted molar refractivity (Wildman–Crippen MR) is 53.2 cm³/mol. The van der Waals surface area contributed by atoms with Crippen LogP contribution >= 0.6 is 15.9 Å². The van der Waals surface area contributed by atoms with Gasteiger partial charge in [0, 0.05) is 10.5 Å². The highest BCUT2D eigenvalue weighted by Crippen LogP contribution is 2.36. The molecule has 0 saturated carbocycles. The number of ether oxygens (including phenoxy) is 1. The molecule has 0 atom stereocenters. The predicted octanol–water partition coefficient (Wildman–Crippen LogP) is 4.02. The van der Waals surface area contributed by atoms with Crippen LogP contribution in [0.3, 0.4) is 0 Å². The molecule has 0 aliphatic carbocycles. The van der Waals surface area contributed by atoms with Crippen molar-refractivity contribution in [2.75, 3.05) is 0 Å². The minimum absolute atomic E-state index is 0.218. The highest BCUT2D eigenvalue weighted by Gasteiger charge is 2.59. The van der Waals surface area contributed by atoms with Gasteiger partial charge in [-0.3, -0.25) is 0 Å². The summed E-state index contributed by atoms with van der Waals surface area (Å²) in [5.41, 5.74) is 0.218. The van der Waals surface area contributed by atoms with Crippen molar-refractivity contribution in [2.45, 2.75) is 25.4 Å². The fourth-order valence-corrected chi connectivity index (χ4v) is 1.25. The summed E-state index contributed by atoms with van der Waals surface area (Å²) in [6, 6.07) is 2.17. The highest BCUT2D eigenvalue weighted by molar-refractivity contribution is 9.10. The quantitative estimate of drug-likeness (QED) is 0.760. The van der Waals surface area contributed by atoms with Gasteiger partial charge in [-0.25, -0.2) is 4.98 Å². The summed E-state index contributed by atoms with van der Waals surface area (Å²) < 4.78 is 77.5. The maximum Gasteiger partial charge on any atom is 0.434 e. The molecular weight excluding hydrogens is 332 g/mol. The summed E-state index contributed by atoms with van der Waals surface area (Å²) in [6.07, 6.45) is -15.0. The van der Waals surface area contributed by atoms with Crippen LogP contribution in [-0.4, -0.2) is 23.4 Å². The van der Waals surface area contributed by atoms with Crippen molar-refractivity contribution in [3.8, 4) is 5.88 Å². The number of hydrogen-bond donors (Lipinski definition) is 0. The molecule has 0 N–H and O–H groups in total. The van der Waals surface area contributed by atoms with Crippen LogP contribution in [-0.2, 0) is 0 Å². The van der Waals surface area contributed by atoms with Crippen molar-refractivity contribution >= 4 is 15.9 Å². The zero-order valence-corrected chi connectivity index (χ0v) is 10.3. The Labute approximate surface area is 106 Å². The molecule has 0 aromatic carbocycles. The van der Waals surface area contributed by atoms with E-state index in [1.165, 1.54) is 13.0 Å². The fraction of sp³-hybridized carbons (Fsp3) is 0.444. The molecule has 0 spiro atoms. The molecule has 102 valence electrons. The zero-order chi connectivity index (χ0) is 14.1. The van der Waals surface area contributed by atoms with Crippen molar-refractivity contribution in [1.82, 2.24) is 4.98 Å². The van der Waals surface area contributed by atoms with Crippen LogP contribution in [0.2, 0.25) is 0 Å². The second-order valence-electron chi connectivity index (χ2n) is 3.30. The Morgan fingerprint density at radius 1 is 1.11 bits per heavy atom. The lowest BCUT2D eigenvalue weighted by molar-refractivity contribution is -0.300. The van der Waals surface area contributed by atoms with Gasteiger partial charge in [0.25, 0.3) is 6.10 Å². The molecule has 18 heavy (non-hydrogen) atoms. The zero-order valence-electron chi connectivity index (χ0n) is 8.73. The minimum Gasteiger partial charge on any atom is -0.455 e. The molecule has 1 heterocycles. The van der Waals surface area contributed by atoms with E-state index < -0.39 is 24.3 Å². The van der Waals surface area contributed by atoms with Crippen LogP contribution in [0.15, 0.2) is 16.6 Å². The summed E-state index contributed by atoms with van der Waals surface area (Å²) in [4.78, 5) is 3.47. The third-order valence-corrected chi connectivity index (χ3v) is 2.67. The van der Waals surface area contributed by atoms with Gasteiger partial charge in [0.05, 0.1) is 5.69 Å². The third-order valence-electron chi connectivity index (χ3n) is 1.83. The summed E-state index contributed by atoms with van der Waals surface area (Å²) >= 11 is 3.01. The third kappa shape index (κ3) is 3.76. The first-order valence-corrected chi connectivity index (χ1v) is 5.24. The van der Waals surface area contributed by atoms with E-state index in [-0.39, 0.29) is 5.69 Å². The van der Waals surface area contributed by atoms with E-state index in [1.807, 2.05) is 0 Å². The van der Waals surface area contributed by atoms with E-state index in [2.05, 4.69) is 25.7 Å². The molecule has 0 saturated heterocycles. The summed E-state index contributed by atoms with van der Waals surface area (Å²) in [6.45, 7) is 1.41. The van der Waals surface area contributed by atoms with Crippen LogP contribution < -0.4 is 4.74 Å². The van der Waals surface area contributed by atoms with Crippen LogP contribution in [0.4, 0.5) is 26.3 Å². The van der Waals surface area contributed by atoms with Gasteiger partial charge in [-0.15, -0.1) is 0 Å². The Bertz CT molecular complexity index is 416. The van der Waals surface area contributed by atoms with Gasteiger partial charge in [0.1, 0.15) is 0 Å². The van der Waals surface area contributed by atoms with Gasteiger partial charge in [-0.1, -0.05) is 0 Å². The minimum atomic E-state index is -5.55. The normalized spacial score (nSPS) is 12.9. The molecule has 2 nitrogen and oxygen atoms in total. The average molecular weight is 338 g/mol. The Balaban J connectivity index is 3.01. The SMILES string of the molecule is Cc1nc(OC(C(F)(F)F)C(F)(F)F)ccc1Br. The Kier molecular flexibility index (Phi) is 4.14. The lowest BCUT2D eigenvalue weighted by atomic mass is 10.3.